The lowest BCUT2D eigenvalue weighted by Crippen LogP contribution is -2.16. The van der Waals surface area contributed by atoms with E-state index in [0.717, 1.165) is 5.56 Å². The molecule has 0 spiro atoms. The van der Waals surface area contributed by atoms with Gasteiger partial charge < -0.3 is 10.6 Å². The number of hydrogen-bond donors (Lipinski definition) is 2. The highest BCUT2D eigenvalue weighted by Gasteiger charge is 2.11. The molecular formula is C21H19N5O. The Kier molecular flexibility index (Phi) is 5.43. The summed E-state index contributed by atoms with van der Waals surface area (Å²) in [5.41, 5.74) is 4.41. The van der Waals surface area contributed by atoms with Gasteiger partial charge in [-0.1, -0.05) is 29.8 Å². The van der Waals surface area contributed by atoms with Gasteiger partial charge in [-0.15, -0.1) is 0 Å². The topological polar surface area (TPSA) is 90.7 Å². The Morgan fingerprint density at radius 2 is 1.85 bits per heavy atom. The highest BCUT2D eigenvalue weighted by Crippen LogP contribution is 2.13. The van der Waals surface area contributed by atoms with Gasteiger partial charge in [0.1, 0.15) is 5.69 Å². The Labute approximate surface area is 157 Å². The Hall–Kier alpha value is -3.72. The maximum Gasteiger partial charge on any atom is 0.274 e. The molecule has 6 heteroatoms. The van der Waals surface area contributed by atoms with Crippen LogP contribution in [0.15, 0.2) is 54.6 Å². The summed E-state index contributed by atoms with van der Waals surface area (Å²) >= 11 is 0. The van der Waals surface area contributed by atoms with Crippen LogP contribution >= 0.6 is 0 Å². The number of aryl methyl sites for hydroxylation is 2. The van der Waals surface area contributed by atoms with E-state index in [1.165, 1.54) is 5.56 Å². The van der Waals surface area contributed by atoms with Gasteiger partial charge in [0, 0.05) is 17.9 Å². The molecule has 0 saturated carbocycles. The maximum absolute atomic E-state index is 12.5. The third-order valence-corrected chi connectivity index (χ3v) is 3.89. The number of benzene rings is 2. The van der Waals surface area contributed by atoms with Gasteiger partial charge in [-0.25, -0.2) is 9.97 Å². The van der Waals surface area contributed by atoms with Gasteiger partial charge in [-0.2, -0.15) is 5.26 Å². The van der Waals surface area contributed by atoms with Crippen LogP contribution in [0, 0.1) is 25.2 Å². The predicted molar refractivity (Wildman–Crippen MR) is 104 cm³/mol. The third kappa shape index (κ3) is 4.89. The molecule has 1 aromatic heterocycles. The minimum Gasteiger partial charge on any atom is -0.350 e. The standard InChI is InChI=1S/C21H19N5O/c1-14-4-3-5-17(10-14)13-23-21-24-15(2)11-19(26-21)20(27)25-18-8-6-16(12-22)7-9-18/h3-11H,13H2,1-2H3,(H,25,27)(H,23,24,26). The Bertz CT molecular complexity index is 1010. The van der Waals surface area contributed by atoms with Gasteiger partial charge in [0.2, 0.25) is 5.95 Å². The molecule has 6 nitrogen and oxygen atoms in total. The van der Waals surface area contributed by atoms with E-state index in [9.17, 15) is 4.79 Å². The zero-order chi connectivity index (χ0) is 19.2. The molecule has 0 bridgehead atoms. The molecule has 27 heavy (non-hydrogen) atoms. The molecule has 0 aliphatic carbocycles. The van der Waals surface area contributed by atoms with Crippen molar-refractivity contribution in [1.82, 2.24) is 9.97 Å². The summed E-state index contributed by atoms with van der Waals surface area (Å²) in [6, 6.07) is 18.5. The average Bonchev–Trinajstić information content (AvgIpc) is 2.66. The second-order valence-electron chi connectivity index (χ2n) is 6.20. The summed E-state index contributed by atoms with van der Waals surface area (Å²) in [5.74, 6) is 0.0743. The molecule has 3 rings (SSSR count). The summed E-state index contributed by atoms with van der Waals surface area (Å²) in [7, 11) is 0. The fraction of sp³-hybridized carbons (Fsp3) is 0.143. The first-order valence-electron chi connectivity index (χ1n) is 8.50. The van der Waals surface area contributed by atoms with Crippen LogP contribution in [-0.4, -0.2) is 15.9 Å². The summed E-state index contributed by atoms with van der Waals surface area (Å²) in [6.45, 7) is 4.43. The van der Waals surface area contributed by atoms with Crippen LogP contribution in [0.5, 0.6) is 0 Å². The summed E-state index contributed by atoms with van der Waals surface area (Å²) in [4.78, 5) is 21.2. The first-order valence-corrected chi connectivity index (χ1v) is 8.50. The zero-order valence-electron chi connectivity index (χ0n) is 15.2. The van der Waals surface area contributed by atoms with E-state index in [-0.39, 0.29) is 11.6 Å². The largest absolute Gasteiger partial charge is 0.350 e. The van der Waals surface area contributed by atoms with Crippen LogP contribution < -0.4 is 10.6 Å². The molecule has 1 heterocycles. The number of hydrogen-bond acceptors (Lipinski definition) is 5. The minimum absolute atomic E-state index is 0.276. The molecule has 0 fully saturated rings. The summed E-state index contributed by atoms with van der Waals surface area (Å²) in [6.07, 6.45) is 0. The number of anilines is 2. The molecule has 2 N–H and O–H groups in total. The molecular weight excluding hydrogens is 338 g/mol. The van der Waals surface area contributed by atoms with Gasteiger partial charge in [0.15, 0.2) is 0 Å². The lowest BCUT2D eigenvalue weighted by Gasteiger charge is -2.09. The number of nitrogens with one attached hydrogen (secondary N) is 2. The van der Waals surface area contributed by atoms with Gasteiger partial charge >= 0.3 is 0 Å². The van der Waals surface area contributed by atoms with Gasteiger partial charge in [-0.3, -0.25) is 4.79 Å². The fourth-order valence-electron chi connectivity index (χ4n) is 2.59. The number of carbonyl (C=O) groups excluding carboxylic acids is 1. The number of carbonyl (C=O) groups is 1. The van der Waals surface area contributed by atoms with Crippen molar-refractivity contribution in [3.63, 3.8) is 0 Å². The van der Waals surface area contributed by atoms with Crippen LogP contribution in [0.25, 0.3) is 0 Å². The third-order valence-electron chi connectivity index (χ3n) is 3.89. The lowest BCUT2D eigenvalue weighted by atomic mass is 10.1. The highest BCUT2D eigenvalue weighted by atomic mass is 16.1. The van der Waals surface area contributed by atoms with Crippen molar-refractivity contribution >= 4 is 17.5 Å². The van der Waals surface area contributed by atoms with Crippen LogP contribution in [0.1, 0.15) is 32.9 Å². The monoisotopic (exact) mass is 357 g/mol. The molecule has 0 saturated heterocycles. The van der Waals surface area contributed by atoms with Gasteiger partial charge in [-0.05, 0) is 49.7 Å². The molecule has 0 atom stereocenters. The predicted octanol–water partition coefficient (Wildman–Crippen LogP) is 3.83. The SMILES string of the molecule is Cc1cccc(CNc2nc(C)cc(C(=O)Nc3ccc(C#N)cc3)n2)c1. The number of amides is 1. The molecule has 0 aliphatic heterocycles. The lowest BCUT2D eigenvalue weighted by molar-refractivity contribution is 0.102. The molecule has 3 aromatic rings. The Morgan fingerprint density at radius 3 is 2.56 bits per heavy atom. The molecule has 0 unspecified atom stereocenters. The van der Waals surface area contributed by atoms with Gasteiger partial charge in [0.05, 0.1) is 11.6 Å². The van der Waals surface area contributed by atoms with E-state index < -0.39 is 0 Å². The van der Waals surface area contributed by atoms with E-state index in [1.54, 1.807) is 30.3 Å². The molecule has 0 radical (unpaired) electrons. The number of aromatic nitrogens is 2. The number of nitriles is 1. The van der Waals surface area contributed by atoms with Crippen molar-refractivity contribution < 1.29 is 4.79 Å². The van der Waals surface area contributed by atoms with Crippen molar-refractivity contribution in [3.8, 4) is 6.07 Å². The van der Waals surface area contributed by atoms with Crippen LogP contribution in [-0.2, 0) is 6.54 Å². The van der Waals surface area contributed by atoms with E-state index in [4.69, 9.17) is 5.26 Å². The maximum atomic E-state index is 12.5. The van der Waals surface area contributed by atoms with E-state index in [2.05, 4.69) is 26.7 Å². The smallest absolute Gasteiger partial charge is 0.274 e. The van der Waals surface area contributed by atoms with Crippen molar-refractivity contribution in [2.24, 2.45) is 0 Å². The first kappa shape index (κ1) is 18.1. The van der Waals surface area contributed by atoms with Crippen molar-refractivity contribution in [2.45, 2.75) is 20.4 Å². The summed E-state index contributed by atoms with van der Waals surface area (Å²) in [5, 5.41) is 14.8. The van der Waals surface area contributed by atoms with E-state index in [0.29, 0.717) is 29.4 Å². The minimum atomic E-state index is -0.330. The fourth-order valence-corrected chi connectivity index (χ4v) is 2.59. The van der Waals surface area contributed by atoms with Crippen molar-refractivity contribution in [3.05, 3.63) is 82.7 Å². The molecule has 2 aromatic carbocycles. The molecule has 0 aliphatic rings. The Balaban J connectivity index is 1.71. The summed E-state index contributed by atoms with van der Waals surface area (Å²) < 4.78 is 0. The number of nitrogens with zero attached hydrogens (tertiary/aromatic N) is 3. The first-order chi connectivity index (χ1) is 13.0. The van der Waals surface area contributed by atoms with Crippen LogP contribution in [0.4, 0.5) is 11.6 Å². The molecule has 134 valence electrons. The normalized spacial score (nSPS) is 10.1. The zero-order valence-corrected chi connectivity index (χ0v) is 15.2. The average molecular weight is 357 g/mol. The highest BCUT2D eigenvalue weighted by molar-refractivity contribution is 6.03. The Morgan fingerprint density at radius 1 is 1.07 bits per heavy atom. The quantitative estimate of drug-likeness (QED) is 0.724. The van der Waals surface area contributed by atoms with Crippen LogP contribution in [0.2, 0.25) is 0 Å². The van der Waals surface area contributed by atoms with Crippen LogP contribution in [0.3, 0.4) is 0 Å². The second-order valence-corrected chi connectivity index (χ2v) is 6.20. The van der Waals surface area contributed by atoms with Crippen molar-refractivity contribution in [1.29, 1.82) is 5.26 Å². The molecule has 1 amide bonds. The van der Waals surface area contributed by atoms with Gasteiger partial charge in [0.25, 0.3) is 5.91 Å². The second kappa shape index (κ2) is 8.11. The van der Waals surface area contributed by atoms with E-state index in [1.807, 2.05) is 38.1 Å². The van der Waals surface area contributed by atoms with E-state index >= 15 is 0 Å². The van der Waals surface area contributed by atoms with Crippen molar-refractivity contribution in [2.75, 3.05) is 10.6 Å². The number of rotatable bonds is 5.